The fourth-order valence-electron chi connectivity index (χ4n) is 3.06. The van der Waals surface area contributed by atoms with Crippen LogP contribution in [-0.4, -0.2) is 26.9 Å². The lowest BCUT2D eigenvalue weighted by atomic mass is 10.1. The van der Waals surface area contributed by atoms with E-state index in [0.29, 0.717) is 19.4 Å². The number of aromatic nitrogens is 2. The fraction of sp³-hybridized carbons (Fsp3) is 0.421. The standard InChI is InChI=1S/C19H25N5O5/c1-3-5-11-23-17(20)16(18(26)21-19(23)27)22(10-4-2)15(25)12-13-8-6-7-9-14(13)24(28)29/h6-9H,3-5,10-12,20H2,1-2H3,(H,21,26,27). The lowest BCUT2D eigenvalue weighted by Gasteiger charge is -2.24. The Hall–Kier alpha value is -3.43. The Morgan fingerprint density at radius 2 is 1.93 bits per heavy atom. The molecule has 1 aromatic heterocycles. The smallest absolute Gasteiger partial charge is 0.330 e. The molecule has 3 N–H and O–H groups in total. The van der Waals surface area contributed by atoms with Gasteiger partial charge >= 0.3 is 5.69 Å². The first-order valence-electron chi connectivity index (χ1n) is 9.47. The fourth-order valence-corrected chi connectivity index (χ4v) is 3.06. The van der Waals surface area contributed by atoms with Gasteiger partial charge in [-0.25, -0.2) is 4.79 Å². The second-order valence-corrected chi connectivity index (χ2v) is 6.61. The van der Waals surface area contributed by atoms with Crippen molar-refractivity contribution in [3.63, 3.8) is 0 Å². The van der Waals surface area contributed by atoms with Crippen LogP contribution in [0.25, 0.3) is 0 Å². The molecule has 156 valence electrons. The summed E-state index contributed by atoms with van der Waals surface area (Å²) in [7, 11) is 0. The van der Waals surface area contributed by atoms with E-state index in [4.69, 9.17) is 5.73 Å². The van der Waals surface area contributed by atoms with Crippen LogP contribution in [-0.2, 0) is 17.8 Å². The zero-order valence-electron chi connectivity index (χ0n) is 16.5. The quantitative estimate of drug-likeness (QED) is 0.482. The highest BCUT2D eigenvalue weighted by molar-refractivity contribution is 5.97. The van der Waals surface area contributed by atoms with Gasteiger partial charge in [0.25, 0.3) is 11.2 Å². The summed E-state index contributed by atoms with van der Waals surface area (Å²) in [4.78, 5) is 51.7. The van der Waals surface area contributed by atoms with Gasteiger partial charge in [-0.15, -0.1) is 0 Å². The highest BCUT2D eigenvalue weighted by atomic mass is 16.6. The van der Waals surface area contributed by atoms with Crippen LogP contribution in [0.2, 0.25) is 0 Å². The summed E-state index contributed by atoms with van der Waals surface area (Å²) in [6.07, 6.45) is 1.74. The van der Waals surface area contributed by atoms with Crippen LogP contribution < -0.4 is 21.9 Å². The minimum atomic E-state index is -0.760. The van der Waals surface area contributed by atoms with Crippen molar-refractivity contribution in [3.05, 3.63) is 60.8 Å². The molecule has 0 saturated heterocycles. The second-order valence-electron chi connectivity index (χ2n) is 6.61. The number of H-pyrrole nitrogens is 1. The first-order valence-corrected chi connectivity index (χ1v) is 9.47. The summed E-state index contributed by atoms with van der Waals surface area (Å²) in [5.74, 6) is -0.601. The molecule has 10 nitrogen and oxygen atoms in total. The number of nitrogens with one attached hydrogen (secondary N) is 1. The molecule has 0 radical (unpaired) electrons. The van der Waals surface area contributed by atoms with Crippen molar-refractivity contribution in [2.45, 2.75) is 46.1 Å². The van der Waals surface area contributed by atoms with Crippen LogP contribution in [0.1, 0.15) is 38.7 Å². The number of carbonyl (C=O) groups is 1. The van der Waals surface area contributed by atoms with Crippen LogP contribution >= 0.6 is 0 Å². The zero-order valence-corrected chi connectivity index (χ0v) is 16.5. The van der Waals surface area contributed by atoms with E-state index in [9.17, 15) is 24.5 Å². The lowest BCUT2D eigenvalue weighted by Crippen LogP contribution is -2.42. The molecule has 1 amide bonds. The first-order chi connectivity index (χ1) is 13.8. The van der Waals surface area contributed by atoms with Crippen LogP contribution in [0.15, 0.2) is 33.9 Å². The largest absolute Gasteiger partial charge is 0.383 e. The number of anilines is 2. The third kappa shape index (κ3) is 4.89. The lowest BCUT2D eigenvalue weighted by molar-refractivity contribution is -0.385. The number of amides is 1. The molecule has 2 rings (SSSR count). The number of unbranched alkanes of at least 4 members (excludes halogenated alkanes) is 1. The van der Waals surface area contributed by atoms with Gasteiger partial charge in [-0.1, -0.05) is 38.5 Å². The summed E-state index contributed by atoms with van der Waals surface area (Å²) in [5.41, 5.74) is 4.67. The minimum Gasteiger partial charge on any atom is -0.383 e. The third-order valence-corrected chi connectivity index (χ3v) is 4.50. The number of para-hydroxylation sites is 1. The van der Waals surface area contributed by atoms with E-state index in [2.05, 4.69) is 4.98 Å². The molecule has 29 heavy (non-hydrogen) atoms. The predicted octanol–water partition coefficient (Wildman–Crippen LogP) is 1.81. The number of nitrogens with zero attached hydrogens (tertiary/aromatic N) is 3. The highest BCUT2D eigenvalue weighted by Gasteiger charge is 2.25. The van der Waals surface area contributed by atoms with Crippen molar-refractivity contribution in [2.75, 3.05) is 17.2 Å². The molecule has 10 heteroatoms. The van der Waals surface area contributed by atoms with E-state index in [0.717, 1.165) is 6.42 Å². The SMILES string of the molecule is CCCCn1c(N)c(N(CCC)C(=O)Cc2ccccc2[N+](=O)[O-])c(=O)[nH]c1=O. The van der Waals surface area contributed by atoms with Crippen LogP contribution in [0.3, 0.4) is 0 Å². The van der Waals surface area contributed by atoms with E-state index < -0.39 is 22.1 Å². The number of hydrogen-bond donors (Lipinski definition) is 2. The summed E-state index contributed by atoms with van der Waals surface area (Å²) >= 11 is 0. The van der Waals surface area contributed by atoms with Crippen molar-refractivity contribution in [1.29, 1.82) is 0 Å². The number of aromatic amines is 1. The molecule has 0 fully saturated rings. The van der Waals surface area contributed by atoms with Crippen molar-refractivity contribution < 1.29 is 9.72 Å². The molecular formula is C19H25N5O5. The maximum absolute atomic E-state index is 13.0. The van der Waals surface area contributed by atoms with E-state index in [1.807, 2.05) is 13.8 Å². The molecule has 2 aromatic rings. The summed E-state index contributed by atoms with van der Waals surface area (Å²) in [6, 6.07) is 5.93. The van der Waals surface area contributed by atoms with Gasteiger partial charge in [-0.2, -0.15) is 0 Å². The average molecular weight is 403 g/mol. The van der Waals surface area contributed by atoms with Gasteiger partial charge in [0.2, 0.25) is 5.91 Å². The van der Waals surface area contributed by atoms with E-state index in [-0.39, 0.29) is 35.7 Å². The molecule has 0 spiro atoms. The van der Waals surface area contributed by atoms with Crippen molar-refractivity contribution >= 4 is 23.1 Å². The molecule has 0 unspecified atom stereocenters. The Balaban J connectivity index is 2.49. The van der Waals surface area contributed by atoms with E-state index in [1.165, 1.54) is 27.7 Å². The number of nitro groups is 1. The maximum atomic E-state index is 13.0. The zero-order chi connectivity index (χ0) is 21.6. The minimum absolute atomic E-state index is 0.0865. The van der Waals surface area contributed by atoms with Crippen molar-refractivity contribution in [3.8, 4) is 0 Å². The molecule has 0 saturated carbocycles. The van der Waals surface area contributed by atoms with Gasteiger partial charge < -0.3 is 10.6 Å². The van der Waals surface area contributed by atoms with Gasteiger partial charge in [-0.3, -0.25) is 29.3 Å². The predicted molar refractivity (Wildman–Crippen MR) is 110 cm³/mol. The van der Waals surface area contributed by atoms with E-state index >= 15 is 0 Å². The Morgan fingerprint density at radius 3 is 2.55 bits per heavy atom. The number of nitrogens with two attached hydrogens (primary N) is 1. The summed E-state index contributed by atoms with van der Waals surface area (Å²) in [5, 5.41) is 11.2. The number of nitro benzene ring substituents is 1. The molecule has 0 atom stereocenters. The molecule has 1 aromatic carbocycles. The Morgan fingerprint density at radius 1 is 1.24 bits per heavy atom. The second kappa shape index (κ2) is 9.67. The molecule has 0 bridgehead atoms. The number of benzene rings is 1. The first kappa shape index (κ1) is 21.9. The Bertz CT molecular complexity index is 1010. The molecule has 0 aliphatic heterocycles. The topological polar surface area (TPSA) is 144 Å². The van der Waals surface area contributed by atoms with Gasteiger partial charge in [-0.05, 0) is 12.8 Å². The van der Waals surface area contributed by atoms with E-state index in [1.54, 1.807) is 6.07 Å². The monoisotopic (exact) mass is 403 g/mol. The number of hydrogen-bond acceptors (Lipinski definition) is 6. The van der Waals surface area contributed by atoms with Gasteiger partial charge in [0.05, 0.1) is 11.3 Å². The summed E-state index contributed by atoms with van der Waals surface area (Å²) in [6.45, 7) is 4.26. The van der Waals surface area contributed by atoms with Crippen LogP contribution in [0.5, 0.6) is 0 Å². The number of rotatable bonds is 9. The van der Waals surface area contributed by atoms with Gasteiger partial charge in [0, 0.05) is 24.7 Å². The Labute approximate surface area is 167 Å². The number of carbonyl (C=O) groups excluding carboxylic acids is 1. The molecule has 0 aliphatic carbocycles. The summed E-state index contributed by atoms with van der Waals surface area (Å²) < 4.78 is 1.24. The van der Waals surface area contributed by atoms with Crippen LogP contribution in [0.4, 0.5) is 17.2 Å². The van der Waals surface area contributed by atoms with Gasteiger partial charge in [0.15, 0.2) is 5.69 Å². The molecule has 1 heterocycles. The Kier molecular flexibility index (Phi) is 7.29. The molecular weight excluding hydrogens is 378 g/mol. The average Bonchev–Trinajstić information content (AvgIpc) is 2.67. The highest BCUT2D eigenvalue weighted by Crippen LogP contribution is 2.22. The molecule has 0 aliphatic rings. The maximum Gasteiger partial charge on any atom is 0.330 e. The van der Waals surface area contributed by atoms with Crippen molar-refractivity contribution in [2.24, 2.45) is 0 Å². The third-order valence-electron chi connectivity index (χ3n) is 4.50. The van der Waals surface area contributed by atoms with Crippen LogP contribution in [0, 0.1) is 10.1 Å². The normalized spacial score (nSPS) is 10.7. The van der Waals surface area contributed by atoms with Crippen molar-refractivity contribution in [1.82, 2.24) is 9.55 Å². The van der Waals surface area contributed by atoms with Gasteiger partial charge in [0.1, 0.15) is 5.82 Å². The number of nitrogen functional groups attached to an aromatic ring is 1.